The molecule has 15 heavy (non-hydrogen) atoms. The zero-order chi connectivity index (χ0) is 11.1. The molecule has 2 atom stereocenters. The van der Waals surface area contributed by atoms with Gasteiger partial charge < -0.3 is 5.11 Å². The van der Waals surface area contributed by atoms with E-state index in [0.29, 0.717) is 0 Å². The Balaban J connectivity index is 2.01. The lowest BCUT2D eigenvalue weighted by Crippen LogP contribution is -2.32. The average molecular weight is 233 g/mol. The van der Waals surface area contributed by atoms with E-state index in [1.54, 1.807) is 0 Å². The van der Waals surface area contributed by atoms with E-state index in [2.05, 4.69) is 0 Å². The van der Waals surface area contributed by atoms with Crippen molar-refractivity contribution in [2.45, 2.75) is 30.2 Å². The van der Waals surface area contributed by atoms with Crippen LogP contribution in [0.25, 0.3) is 0 Å². The first kappa shape index (κ1) is 10.8. The van der Waals surface area contributed by atoms with Crippen molar-refractivity contribution in [3.8, 4) is 0 Å². The monoisotopic (exact) mass is 232 g/mol. The predicted octanol–water partition coefficient (Wildman–Crippen LogP) is 2.91. The van der Waals surface area contributed by atoms with Crippen molar-refractivity contribution in [1.29, 1.82) is 0 Å². The molecule has 0 fully saturated rings. The molecular weight excluding hydrogens is 222 g/mol. The zero-order valence-electron chi connectivity index (χ0n) is 7.96. The van der Waals surface area contributed by atoms with Gasteiger partial charge in [-0.2, -0.15) is 8.78 Å². The molecule has 82 valence electrons. The van der Waals surface area contributed by atoms with Gasteiger partial charge in [0.25, 0.3) is 0 Å². The standard InChI is InChI=1S/C11H11ClF2O/c12-11(13,14)10(15)6-8-5-7-3-1-2-4-9(7)8/h1-4,8,10,15H,5-6H2. The summed E-state index contributed by atoms with van der Waals surface area (Å²) in [6, 6.07) is 7.66. The van der Waals surface area contributed by atoms with E-state index in [0.717, 1.165) is 12.0 Å². The summed E-state index contributed by atoms with van der Waals surface area (Å²) in [6.07, 6.45) is -0.995. The summed E-state index contributed by atoms with van der Waals surface area (Å²) in [4.78, 5) is 0. The fraction of sp³-hybridized carbons (Fsp3) is 0.455. The van der Waals surface area contributed by atoms with Gasteiger partial charge in [0.05, 0.1) is 0 Å². The molecule has 0 heterocycles. The Morgan fingerprint density at radius 3 is 2.73 bits per heavy atom. The third-order valence-corrected chi connectivity index (χ3v) is 3.10. The van der Waals surface area contributed by atoms with Crippen molar-refractivity contribution in [2.75, 3.05) is 0 Å². The van der Waals surface area contributed by atoms with Crippen molar-refractivity contribution >= 4 is 11.6 Å². The van der Waals surface area contributed by atoms with Crippen LogP contribution in [0.2, 0.25) is 0 Å². The summed E-state index contributed by atoms with van der Waals surface area (Å²) in [5.41, 5.74) is 2.23. The first-order valence-electron chi connectivity index (χ1n) is 4.81. The summed E-state index contributed by atoms with van der Waals surface area (Å²) < 4.78 is 25.1. The molecule has 2 rings (SSSR count). The minimum absolute atomic E-state index is 0.0147. The number of alkyl halides is 3. The third kappa shape index (κ3) is 2.13. The van der Waals surface area contributed by atoms with Gasteiger partial charge in [0, 0.05) is 0 Å². The van der Waals surface area contributed by atoms with E-state index in [1.165, 1.54) is 5.56 Å². The van der Waals surface area contributed by atoms with Gasteiger partial charge in [0.1, 0.15) is 6.10 Å². The molecule has 1 N–H and O–H groups in total. The average Bonchev–Trinajstić information content (AvgIpc) is 2.12. The van der Waals surface area contributed by atoms with Gasteiger partial charge in [-0.25, -0.2) is 0 Å². The maximum Gasteiger partial charge on any atom is 0.347 e. The number of hydrogen-bond acceptors (Lipinski definition) is 1. The Bertz CT molecular complexity index is 362. The lowest BCUT2D eigenvalue weighted by Gasteiger charge is -2.32. The molecule has 0 aliphatic heterocycles. The van der Waals surface area contributed by atoms with E-state index >= 15 is 0 Å². The molecule has 4 heteroatoms. The largest absolute Gasteiger partial charge is 0.385 e. The molecule has 1 nitrogen and oxygen atoms in total. The van der Waals surface area contributed by atoms with Crippen LogP contribution in [0.3, 0.4) is 0 Å². The van der Waals surface area contributed by atoms with Crippen LogP contribution < -0.4 is 0 Å². The molecule has 0 saturated carbocycles. The quantitative estimate of drug-likeness (QED) is 0.795. The number of aliphatic hydroxyl groups excluding tert-OH is 1. The minimum atomic E-state index is -3.52. The smallest absolute Gasteiger partial charge is 0.347 e. The fourth-order valence-corrected chi connectivity index (χ4v) is 2.07. The van der Waals surface area contributed by atoms with Crippen molar-refractivity contribution in [1.82, 2.24) is 0 Å². The number of rotatable bonds is 3. The SMILES string of the molecule is OC(CC1Cc2ccccc21)C(F)(F)Cl. The third-order valence-electron chi connectivity index (χ3n) is 2.85. The minimum Gasteiger partial charge on any atom is -0.385 e. The molecule has 1 aliphatic carbocycles. The second kappa shape index (κ2) is 3.72. The zero-order valence-corrected chi connectivity index (χ0v) is 8.72. The van der Waals surface area contributed by atoms with Gasteiger partial charge in [-0.1, -0.05) is 24.3 Å². The van der Waals surface area contributed by atoms with E-state index < -0.39 is 11.5 Å². The first-order valence-corrected chi connectivity index (χ1v) is 5.19. The fourth-order valence-electron chi connectivity index (χ4n) is 1.98. The number of aliphatic hydroxyl groups is 1. The van der Waals surface area contributed by atoms with Crippen LogP contribution in [0.4, 0.5) is 8.78 Å². The van der Waals surface area contributed by atoms with Crippen LogP contribution in [-0.2, 0) is 6.42 Å². The van der Waals surface area contributed by atoms with Crippen LogP contribution in [0.15, 0.2) is 24.3 Å². The second-order valence-electron chi connectivity index (χ2n) is 3.89. The van der Waals surface area contributed by atoms with Gasteiger partial charge in [-0.15, -0.1) is 0 Å². The van der Waals surface area contributed by atoms with E-state index in [-0.39, 0.29) is 12.3 Å². The summed E-state index contributed by atoms with van der Waals surface area (Å²) in [6.45, 7) is 0. The van der Waals surface area contributed by atoms with Crippen LogP contribution >= 0.6 is 11.6 Å². The van der Waals surface area contributed by atoms with Gasteiger partial charge in [-0.3, -0.25) is 0 Å². The lowest BCUT2D eigenvalue weighted by molar-refractivity contribution is -0.0483. The van der Waals surface area contributed by atoms with Gasteiger partial charge >= 0.3 is 5.38 Å². The number of fused-ring (bicyclic) bond motifs is 1. The van der Waals surface area contributed by atoms with Gasteiger partial charge in [0.15, 0.2) is 0 Å². The van der Waals surface area contributed by atoms with Crippen LogP contribution in [-0.4, -0.2) is 16.6 Å². The molecule has 1 aliphatic rings. The maximum atomic E-state index is 12.5. The van der Waals surface area contributed by atoms with E-state index in [9.17, 15) is 8.78 Å². The Labute approximate surface area is 91.7 Å². The molecular formula is C11H11ClF2O. The van der Waals surface area contributed by atoms with E-state index in [1.807, 2.05) is 24.3 Å². The molecule has 2 unspecified atom stereocenters. The van der Waals surface area contributed by atoms with E-state index in [4.69, 9.17) is 16.7 Å². The predicted molar refractivity (Wildman–Crippen MR) is 54.3 cm³/mol. The number of benzene rings is 1. The highest BCUT2D eigenvalue weighted by molar-refractivity contribution is 6.22. The highest BCUT2D eigenvalue weighted by Gasteiger charge is 2.39. The van der Waals surface area contributed by atoms with Crippen molar-refractivity contribution in [2.24, 2.45) is 0 Å². The number of halogens is 3. The Morgan fingerprint density at radius 2 is 2.13 bits per heavy atom. The van der Waals surface area contributed by atoms with Gasteiger partial charge in [-0.05, 0) is 41.5 Å². The van der Waals surface area contributed by atoms with Crippen LogP contribution in [0.1, 0.15) is 23.5 Å². The van der Waals surface area contributed by atoms with Crippen LogP contribution in [0.5, 0.6) is 0 Å². The highest BCUT2D eigenvalue weighted by atomic mass is 35.5. The van der Waals surface area contributed by atoms with Gasteiger partial charge in [0.2, 0.25) is 0 Å². The summed E-state index contributed by atoms with van der Waals surface area (Å²) in [7, 11) is 0. The molecule has 0 saturated heterocycles. The highest BCUT2D eigenvalue weighted by Crippen LogP contribution is 2.40. The Morgan fingerprint density at radius 1 is 1.47 bits per heavy atom. The molecule has 0 radical (unpaired) electrons. The summed E-state index contributed by atoms with van der Waals surface area (Å²) in [5.74, 6) is 0.0147. The molecule has 1 aromatic carbocycles. The van der Waals surface area contributed by atoms with Crippen LogP contribution in [0, 0.1) is 0 Å². The Hall–Kier alpha value is -0.670. The first-order chi connectivity index (χ1) is 6.98. The van der Waals surface area contributed by atoms with Crippen molar-refractivity contribution in [3.05, 3.63) is 35.4 Å². The molecule has 0 amide bonds. The number of hydrogen-bond donors (Lipinski definition) is 1. The lowest BCUT2D eigenvalue weighted by atomic mass is 9.75. The topological polar surface area (TPSA) is 20.2 Å². The summed E-state index contributed by atoms with van der Waals surface area (Å²) >= 11 is 4.75. The molecule has 0 bridgehead atoms. The Kier molecular flexibility index (Phi) is 2.69. The molecule has 0 spiro atoms. The summed E-state index contributed by atoms with van der Waals surface area (Å²) in [5, 5.41) is 5.64. The maximum absolute atomic E-state index is 12.5. The molecule has 0 aromatic heterocycles. The second-order valence-corrected chi connectivity index (χ2v) is 4.40. The van der Waals surface area contributed by atoms with Crippen molar-refractivity contribution in [3.63, 3.8) is 0 Å². The molecule has 1 aromatic rings. The van der Waals surface area contributed by atoms with Crippen molar-refractivity contribution < 1.29 is 13.9 Å². The normalized spacial score (nSPS) is 21.7.